The summed E-state index contributed by atoms with van der Waals surface area (Å²) in [4.78, 5) is 2.53. The Morgan fingerprint density at radius 2 is 2.08 bits per heavy atom. The molecular formula is C17H27N5OS. The summed E-state index contributed by atoms with van der Waals surface area (Å²) in [6.07, 6.45) is 4.87. The molecule has 0 aliphatic carbocycles. The molecule has 3 rings (SSSR count). The molecule has 0 saturated carbocycles. The van der Waals surface area contributed by atoms with E-state index < -0.39 is 0 Å². The molecule has 2 aliphatic heterocycles. The van der Waals surface area contributed by atoms with Gasteiger partial charge in [-0.25, -0.2) is 0 Å². The van der Waals surface area contributed by atoms with Crippen molar-refractivity contribution >= 4 is 16.9 Å². The number of hydrazone groups is 1. The average Bonchev–Trinajstić information content (AvgIpc) is 2.90. The predicted molar refractivity (Wildman–Crippen MR) is 99.6 cm³/mol. The summed E-state index contributed by atoms with van der Waals surface area (Å²) in [5.41, 5.74) is 12.7. The van der Waals surface area contributed by atoms with Crippen LogP contribution in [0, 0.1) is 0 Å². The Balaban J connectivity index is 1.41. The van der Waals surface area contributed by atoms with Crippen molar-refractivity contribution in [1.29, 1.82) is 0 Å². The van der Waals surface area contributed by atoms with Gasteiger partial charge in [0.15, 0.2) is 5.17 Å². The summed E-state index contributed by atoms with van der Waals surface area (Å²) >= 11 is 1.39. The predicted octanol–water partition coefficient (Wildman–Crippen LogP) is 1.96. The Morgan fingerprint density at radius 3 is 2.83 bits per heavy atom. The second-order valence-corrected chi connectivity index (χ2v) is 7.43. The van der Waals surface area contributed by atoms with E-state index in [9.17, 15) is 0 Å². The van der Waals surface area contributed by atoms with E-state index in [0.717, 1.165) is 25.3 Å². The summed E-state index contributed by atoms with van der Waals surface area (Å²) in [5.74, 6) is 0.938. The molecule has 1 fully saturated rings. The molecular weight excluding hydrogens is 322 g/mol. The van der Waals surface area contributed by atoms with Crippen molar-refractivity contribution in [2.45, 2.75) is 37.7 Å². The van der Waals surface area contributed by atoms with Crippen LogP contribution in [0.5, 0.6) is 5.75 Å². The molecule has 1 saturated heterocycles. The molecule has 0 bridgehead atoms. The number of amidine groups is 1. The Kier molecular flexibility index (Phi) is 6.23. The molecule has 7 heteroatoms. The number of ether oxygens (including phenoxy) is 1. The first kappa shape index (κ1) is 17.4. The number of likely N-dealkylation sites (tertiary alicyclic amines) is 1. The maximum absolute atomic E-state index is 5.92. The van der Waals surface area contributed by atoms with Crippen molar-refractivity contribution in [3.05, 3.63) is 29.8 Å². The average molecular weight is 350 g/mol. The molecule has 132 valence electrons. The van der Waals surface area contributed by atoms with Crippen LogP contribution in [-0.4, -0.2) is 46.8 Å². The summed E-state index contributed by atoms with van der Waals surface area (Å²) in [5, 5.41) is 6.55. The fourth-order valence-corrected chi connectivity index (χ4v) is 3.77. The molecule has 0 amide bonds. The standard InChI is InChI=1S/C17H27N5OS/c18-16-20-22(17(19)24-16)10-5-11-23-15-7-4-6-14(12-15)13-21-8-2-1-3-9-21/h4,6-7,12,17H,1-3,5,8-11,13,19H2,(H2,18,20). The van der Waals surface area contributed by atoms with Gasteiger partial charge in [0, 0.05) is 19.5 Å². The van der Waals surface area contributed by atoms with Gasteiger partial charge in [-0.1, -0.05) is 18.6 Å². The van der Waals surface area contributed by atoms with Crippen LogP contribution in [-0.2, 0) is 6.54 Å². The van der Waals surface area contributed by atoms with Gasteiger partial charge in [0.25, 0.3) is 0 Å². The van der Waals surface area contributed by atoms with Gasteiger partial charge in [0.2, 0.25) is 0 Å². The fourth-order valence-electron chi connectivity index (χ4n) is 3.09. The van der Waals surface area contributed by atoms with E-state index in [0.29, 0.717) is 11.8 Å². The third-order valence-electron chi connectivity index (χ3n) is 4.32. The Labute approximate surface area is 148 Å². The lowest BCUT2D eigenvalue weighted by Crippen LogP contribution is -2.33. The molecule has 24 heavy (non-hydrogen) atoms. The van der Waals surface area contributed by atoms with Gasteiger partial charge in [-0.15, -0.1) is 0 Å². The molecule has 6 nitrogen and oxygen atoms in total. The van der Waals surface area contributed by atoms with Crippen molar-refractivity contribution < 1.29 is 4.74 Å². The molecule has 0 spiro atoms. The van der Waals surface area contributed by atoms with Crippen molar-refractivity contribution in [1.82, 2.24) is 9.91 Å². The van der Waals surface area contributed by atoms with Crippen LogP contribution in [0.2, 0.25) is 0 Å². The van der Waals surface area contributed by atoms with Gasteiger partial charge in [-0.05, 0) is 55.4 Å². The summed E-state index contributed by atoms with van der Waals surface area (Å²) < 4.78 is 5.89. The van der Waals surface area contributed by atoms with Gasteiger partial charge >= 0.3 is 0 Å². The first-order valence-electron chi connectivity index (χ1n) is 8.68. The van der Waals surface area contributed by atoms with E-state index >= 15 is 0 Å². The lowest BCUT2D eigenvalue weighted by molar-refractivity contribution is 0.220. The lowest BCUT2D eigenvalue weighted by atomic mass is 10.1. The number of hydrogen-bond donors (Lipinski definition) is 2. The maximum Gasteiger partial charge on any atom is 0.181 e. The third-order valence-corrected chi connectivity index (χ3v) is 5.12. The second-order valence-electron chi connectivity index (χ2n) is 6.30. The normalized spacial score (nSPS) is 21.8. The number of benzene rings is 1. The van der Waals surface area contributed by atoms with Crippen LogP contribution in [0.3, 0.4) is 0 Å². The SMILES string of the molecule is NC1=NN(CCCOc2cccc(CN3CCCCC3)c2)C(N)S1. The number of hydrogen-bond acceptors (Lipinski definition) is 7. The highest BCUT2D eigenvalue weighted by molar-refractivity contribution is 8.14. The van der Waals surface area contributed by atoms with E-state index in [4.69, 9.17) is 16.2 Å². The lowest BCUT2D eigenvalue weighted by Gasteiger charge is -2.26. The zero-order valence-corrected chi connectivity index (χ0v) is 14.9. The molecule has 0 aromatic heterocycles. The van der Waals surface area contributed by atoms with Crippen molar-refractivity contribution in [3.63, 3.8) is 0 Å². The third kappa shape index (κ3) is 5.03. The van der Waals surface area contributed by atoms with Crippen LogP contribution in [0.15, 0.2) is 29.4 Å². The Bertz CT molecular complexity index is 562. The zero-order chi connectivity index (χ0) is 16.8. The largest absolute Gasteiger partial charge is 0.494 e. The monoisotopic (exact) mass is 349 g/mol. The van der Waals surface area contributed by atoms with E-state index in [1.165, 1.54) is 49.7 Å². The highest BCUT2D eigenvalue weighted by Gasteiger charge is 2.21. The first-order valence-corrected chi connectivity index (χ1v) is 9.56. The first-order chi connectivity index (χ1) is 11.7. The zero-order valence-electron chi connectivity index (χ0n) is 14.1. The minimum Gasteiger partial charge on any atom is -0.494 e. The smallest absolute Gasteiger partial charge is 0.181 e. The van der Waals surface area contributed by atoms with Crippen LogP contribution < -0.4 is 16.2 Å². The molecule has 1 unspecified atom stereocenters. The van der Waals surface area contributed by atoms with Gasteiger partial charge in [0.05, 0.1) is 6.61 Å². The van der Waals surface area contributed by atoms with E-state index in [2.05, 4.69) is 28.2 Å². The quantitative estimate of drug-likeness (QED) is 0.733. The number of piperidine rings is 1. The van der Waals surface area contributed by atoms with Gasteiger partial charge < -0.3 is 16.2 Å². The minimum absolute atomic E-state index is 0.169. The maximum atomic E-state index is 5.92. The summed E-state index contributed by atoms with van der Waals surface area (Å²) in [6, 6.07) is 8.43. The molecule has 1 aromatic carbocycles. The molecule has 0 radical (unpaired) electrons. The Hall–Kier alpha value is -1.44. The topological polar surface area (TPSA) is 80.1 Å². The fraction of sp³-hybridized carbons (Fsp3) is 0.588. The number of thioether (sulfide) groups is 1. The molecule has 2 heterocycles. The van der Waals surface area contributed by atoms with Crippen molar-refractivity contribution in [2.24, 2.45) is 16.6 Å². The minimum atomic E-state index is -0.169. The van der Waals surface area contributed by atoms with Crippen molar-refractivity contribution in [3.8, 4) is 5.75 Å². The van der Waals surface area contributed by atoms with E-state index in [1.807, 2.05) is 11.1 Å². The van der Waals surface area contributed by atoms with E-state index in [1.54, 1.807) is 0 Å². The molecule has 2 aliphatic rings. The van der Waals surface area contributed by atoms with Gasteiger partial charge in [-0.2, -0.15) is 5.10 Å². The highest BCUT2D eigenvalue weighted by Crippen LogP contribution is 2.20. The number of rotatable bonds is 7. The van der Waals surface area contributed by atoms with E-state index in [-0.39, 0.29) is 5.50 Å². The summed E-state index contributed by atoms with van der Waals surface area (Å²) in [7, 11) is 0. The second kappa shape index (κ2) is 8.60. The van der Waals surface area contributed by atoms with Crippen molar-refractivity contribution in [2.75, 3.05) is 26.2 Å². The van der Waals surface area contributed by atoms with Crippen LogP contribution in [0.4, 0.5) is 0 Å². The highest BCUT2D eigenvalue weighted by atomic mass is 32.2. The molecule has 1 atom stereocenters. The van der Waals surface area contributed by atoms with Crippen LogP contribution >= 0.6 is 11.8 Å². The Morgan fingerprint density at radius 1 is 1.25 bits per heavy atom. The molecule has 4 N–H and O–H groups in total. The molecule has 1 aromatic rings. The van der Waals surface area contributed by atoms with Crippen LogP contribution in [0.25, 0.3) is 0 Å². The van der Waals surface area contributed by atoms with Gasteiger partial charge in [-0.3, -0.25) is 9.91 Å². The number of nitrogens with two attached hydrogens (primary N) is 2. The van der Waals surface area contributed by atoms with Crippen LogP contribution in [0.1, 0.15) is 31.2 Å². The van der Waals surface area contributed by atoms with Gasteiger partial charge in [0.1, 0.15) is 11.2 Å². The number of nitrogens with zero attached hydrogens (tertiary/aromatic N) is 3. The summed E-state index contributed by atoms with van der Waals surface area (Å²) in [6.45, 7) is 4.84.